The number of hydrogen-bond donors (Lipinski definition) is 1. The van der Waals surface area contributed by atoms with E-state index in [0.717, 1.165) is 32.4 Å². The van der Waals surface area contributed by atoms with Crippen LogP contribution in [-0.2, 0) is 9.47 Å². The van der Waals surface area contributed by atoms with Gasteiger partial charge in [-0.05, 0) is 51.5 Å². The topological polar surface area (TPSA) is 30.5 Å². The quantitative estimate of drug-likeness (QED) is 0.738. The van der Waals surface area contributed by atoms with Crippen molar-refractivity contribution >= 4 is 0 Å². The summed E-state index contributed by atoms with van der Waals surface area (Å²) in [5, 5.41) is 3.60. The Bertz CT molecular complexity index is 243. The Morgan fingerprint density at radius 1 is 1.24 bits per heavy atom. The van der Waals surface area contributed by atoms with Gasteiger partial charge in [-0.2, -0.15) is 0 Å². The first-order chi connectivity index (χ1) is 8.36. The summed E-state index contributed by atoms with van der Waals surface area (Å²) in [6.45, 7) is 3.91. The molecule has 0 bridgehead atoms. The summed E-state index contributed by atoms with van der Waals surface area (Å²) in [4.78, 5) is 0. The molecule has 3 nitrogen and oxygen atoms in total. The lowest BCUT2D eigenvalue weighted by atomic mass is 9.77. The highest BCUT2D eigenvalue weighted by molar-refractivity contribution is 4.92. The first-order valence-corrected chi connectivity index (χ1v) is 7.31. The molecule has 0 amide bonds. The van der Waals surface area contributed by atoms with Crippen molar-refractivity contribution in [3.63, 3.8) is 0 Å². The molecule has 0 radical (unpaired) electrons. The molecule has 0 aromatic rings. The monoisotopic (exact) mass is 239 g/mol. The van der Waals surface area contributed by atoms with Crippen LogP contribution in [0.5, 0.6) is 0 Å². The minimum atomic E-state index is 0.227. The van der Waals surface area contributed by atoms with Gasteiger partial charge in [0.05, 0.1) is 18.8 Å². The Kier molecular flexibility index (Phi) is 3.69. The van der Waals surface area contributed by atoms with E-state index in [2.05, 4.69) is 5.32 Å². The van der Waals surface area contributed by atoms with Crippen molar-refractivity contribution in [3.05, 3.63) is 0 Å². The van der Waals surface area contributed by atoms with Crippen molar-refractivity contribution in [2.24, 2.45) is 5.92 Å². The molecule has 3 fully saturated rings. The highest BCUT2D eigenvalue weighted by Crippen LogP contribution is 2.39. The zero-order chi connectivity index (χ0) is 11.6. The van der Waals surface area contributed by atoms with Gasteiger partial charge in [-0.25, -0.2) is 0 Å². The third-order valence-electron chi connectivity index (χ3n) is 4.50. The van der Waals surface area contributed by atoms with Gasteiger partial charge in [0.1, 0.15) is 0 Å². The SMILES string of the molecule is C1CC(CCNC2CC2)(OCC2CCOC2)C1. The van der Waals surface area contributed by atoms with E-state index in [1.165, 1.54) is 44.9 Å². The summed E-state index contributed by atoms with van der Waals surface area (Å²) in [6.07, 6.45) is 9.05. The van der Waals surface area contributed by atoms with Crippen LogP contribution < -0.4 is 5.32 Å². The van der Waals surface area contributed by atoms with Crippen LogP contribution in [-0.4, -0.2) is 38.0 Å². The predicted molar refractivity (Wildman–Crippen MR) is 67.1 cm³/mol. The van der Waals surface area contributed by atoms with Crippen LogP contribution in [0.3, 0.4) is 0 Å². The second-order valence-electron chi connectivity index (χ2n) is 6.06. The number of ether oxygens (including phenoxy) is 2. The standard InChI is InChI=1S/C14H25NO2/c1-5-14(6-1,7-8-15-13-2-3-13)17-11-12-4-9-16-10-12/h12-13,15H,1-11H2. The van der Waals surface area contributed by atoms with Crippen molar-refractivity contribution in [2.75, 3.05) is 26.4 Å². The van der Waals surface area contributed by atoms with E-state index in [0.29, 0.717) is 5.92 Å². The van der Waals surface area contributed by atoms with Crippen molar-refractivity contribution in [1.29, 1.82) is 0 Å². The van der Waals surface area contributed by atoms with Crippen LogP contribution in [0, 0.1) is 5.92 Å². The zero-order valence-corrected chi connectivity index (χ0v) is 10.7. The van der Waals surface area contributed by atoms with Crippen LogP contribution in [0.2, 0.25) is 0 Å². The Morgan fingerprint density at radius 3 is 2.71 bits per heavy atom. The predicted octanol–water partition coefficient (Wildman–Crippen LogP) is 2.10. The molecule has 0 spiro atoms. The number of rotatable bonds is 7. The molecule has 17 heavy (non-hydrogen) atoms. The maximum Gasteiger partial charge on any atom is 0.0694 e. The van der Waals surface area contributed by atoms with Crippen molar-refractivity contribution in [2.45, 2.75) is 56.6 Å². The average molecular weight is 239 g/mol. The van der Waals surface area contributed by atoms with E-state index in [1.54, 1.807) is 0 Å². The summed E-state index contributed by atoms with van der Waals surface area (Å²) < 4.78 is 11.6. The Hall–Kier alpha value is -0.120. The number of hydrogen-bond acceptors (Lipinski definition) is 3. The fourth-order valence-corrected chi connectivity index (χ4v) is 2.84. The summed E-state index contributed by atoms with van der Waals surface area (Å²) in [6, 6.07) is 0.829. The first kappa shape index (κ1) is 11.9. The molecule has 98 valence electrons. The summed E-state index contributed by atoms with van der Waals surface area (Å²) >= 11 is 0. The van der Waals surface area contributed by atoms with Crippen LogP contribution in [0.15, 0.2) is 0 Å². The molecule has 1 atom stereocenters. The average Bonchev–Trinajstić information content (AvgIpc) is 2.95. The molecule has 3 heteroatoms. The third kappa shape index (κ3) is 3.21. The van der Waals surface area contributed by atoms with E-state index in [9.17, 15) is 0 Å². The summed E-state index contributed by atoms with van der Waals surface area (Å²) in [7, 11) is 0. The highest BCUT2D eigenvalue weighted by atomic mass is 16.5. The molecule has 1 unspecified atom stereocenters. The van der Waals surface area contributed by atoms with E-state index in [-0.39, 0.29) is 5.60 Å². The second kappa shape index (κ2) is 5.25. The van der Waals surface area contributed by atoms with Crippen LogP contribution in [0.25, 0.3) is 0 Å². The third-order valence-corrected chi connectivity index (χ3v) is 4.50. The maximum atomic E-state index is 6.23. The van der Waals surface area contributed by atoms with Crippen molar-refractivity contribution in [1.82, 2.24) is 5.32 Å². The molecule has 0 aromatic heterocycles. The minimum Gasteiger partial charge on any atom is -0.381 e. The molecule has 3 rings (SSSR count). The van der Waals surface area contributed by atoms with Gasteiger partial charge in [0, 0.05) is 18.6 Å². The van der Waals surface area contributed by atoms with Gasteiger partial charge >= 0.3 is 0 Å². The van der Waals surface area contributed by atoms with Crippen molar-refractivity contribution in [3.8, 4) is 0 Å². The van der Waals surface area contributed by atoms with Gasteiger partial charge in [0.2, 0.25) is 0 Å². The first-order valence-electron chi connectivity index (χ1n) is 7.31. The van der Waals surface area contributed by atoms with Crippen LogP contribution >= 0.6 is 0 Å². The van der Waals surface area contributed by atoms with Crippen LogP contribution in [0.4, 0.5) is 0 Å². The second-order valence-corrected chi connectivity index (χ2v) is 6.06. The molecule has 1 saturated heterocycles. The normalized spacial score (nSPS) is 31.4. The molecule has 1 heterocycles. The minimum absolute atomic E-state index is 0.227. The lowest BCUT2D eigenvalue weighted by Crippen LogP contribution is -2.43. The van der Waals surface area contributed by atoms with E-state index in [1.807, 2.05) is 0 Å². The lowest BCUT2D eigenvalue weighted by molar-refractivity contribution is -0.115. The molecular formula is C14H25NO2. The van der Waals surface area contributed by atoms with Gasteiger partial charge in [0.25, 0.3) is 0 Å². The van der Waals surface area contributed by atoms with Crippen molar-refractivity contribution < 1.29 is 9.47 Å². The van der Waals surface area contributed by atoms with Gasteiger partial charge in [-0.1, -0.05) is 0 Å². The Balaban J connectivity index is 1.37. The van der Waals surface area contributed by atoms with E-state index >= 15 is 0 Å². The van der Waals surface area contributed by atoms with Gasteiger partial charge in [-0.15, -0.1) is 0 Å². The van der Waals surface area contributed by atoms with E-state index < -0.39 is 0 Å². The maximum absolute atomic E-state index is 6.23. The fourth-order valence-electron chi connectivity index (χ4n) is 2.84. The largest absolute Gasteiger partial charge is 0.381 e. The lowest BCUT2D eigenvalue weighted by Gasteiger charge is -2.42. The van der Waals surface area contributed by atoms with Gasteiger partial charge < -0.3 is 14.8 Å². The summed E-state index contributed by atoms with van der Waals surface area (Å²) in [5.41, 5.74) is 0.227. The molecule has 1 N–H and O–H groups in total. The Morgan fingerprint density at radius 2 is 2.12 bits per heavy atom. The zero-order valence-electron chi connectivity index (χ0n) is 10.7. The molecule has 1 aliphatic heterocycles. The Labute approximate surface area is 104 Å². The molecule has 2 aliphatic carbocycles. The fraction of sp³-hybridized carbons (Fsp3) is 1.00. The smallest absolute Gasteiger partial charge is 0.0694 e. The van der Waals surface area contributed by atoms with Gasteiger partial charge in [0.15, 0.2) is 0 Å². The molecular weight excluding hydrogens is 214 g/mol. The number of nitrogens with one attached hydrogen (secondary N) is 1. The molecule has 2 saturated carbocycles. The highest BCUT2D eigenvalue weighted by Gasteiger charge is 2.38. The molecule has 3 aliphatic rings. The van der Waals surface area contributed by atoms with E-state index in [4.69, 9.17) is 9.47 Å². The summed E-state index contributed by atoms with van der Waals surface area (Å²) in [5.74, 6) is 0.656. The molecule has 0 aromatic carbocycles. The van der Waals surface area contributed by atoms with Gasteiger partial charge in [-0.3, -0.25) is 0 Å². The van der Waals surface area contributed by atoms with Crippen LogP contribution in [0.1, 0.15) is 44.9 Å².